The Hall–Kier alpha value is -1.52. The summed E-state index contributed by atoms with van der Waals surface area (Å²) >= 11 is 7.53. The Morgan fingerprint density at radius 1 is 0.656 bits per heavy atom. The van der Waals surface area contributed by atoms with Crippen LogP contribution in [0.5, 0.6) is 0 Å². The largest absolute Gasteiger partial charge is 0.345 e. The van der Waals surface area contributed by atoms with Crippen molar-refractivity contribution in [3.63, 3.8) is 0 Å². The van der Waals surface area contributed by atoms with Crippen molar-refractivity contribution < 1.29 is 0 Å². The standard InChI is InChI=1S/C28H32BBr2N/c1-16(2)19-12-22(17(3)4)28(23(13-19)18(5)6)29-24-14-20(30)8-10-26(24)32(7)27-11-9-21(31)15-25(27)29/h8-18H,1-7H3. The van der Waals surface area contributed by atoms with Gasteiger partial charge in [-0.25, -0.2) is 0 Å². The molecule has 0 radical (unpaired) electrons. The van der Waals surface area contributed by atoms with Gasteiger partial charge in [0.15, 0.2) is 0 Å². The average Bonchev–Trinajstić information content (AvgIpc) is 2.72. The fraction of sp³-hybridized carbons (Fsp3) is 0.357. The van der Waals surface area contributed by atoms with Gasteiger partial charge in [0.25, 0.3) is 0 Å². The Morgan fingerprint density at radius 2 is 1.09 bits per heavy atom. The summed E-state index contributed by atoms with van der Waals surface area (Å²) in [5.74, 6) is 1.42. The van der Waals surface area contributed by atoms with Crippen LogP contribution in [-0.4, -0.2) is 13.8 Å². The molecule has 0 fully saturated rings. The van der Waals surface area contributed by atoms with Gasteiger partial charge < -0.3 is 4.90 Å². The lowest BCUT2D eigenvalue weighted by Gasteiger charge is -2.37. The van der Waals surface area contributed by atoms with Crippen LogP contribution in [-0.2, 0) is 0 Å². The van der Waals surface area contributed by atoms with Crippen molar-refractivity contribution in [2.24, 2.45) is 0 Å². The van der Waals surface area contributed by atoms with Crippen LogP contribution in [0.15, 0.2) is 57.5 Å². The minimum atomic E-state index is 0.196. The number of fused-ring (bicyclic) bond motifs is 2. The molecule has 0 saturated carbocycles. The number of hydrogen-bond acceptors (Lipinski definition) is 1. The first kappa shape index (κ1) is 23.6. The summed E-state index contributed by atoms with van der Waals surface area (Å²) in [6.45, 7) is 14.2. The van der Waals surface area contributed by atoms with Crippen LogP contribution >= 0.6 is 31.9 Å². The van der Waals surface area contributed by atoms with Gasteiger partial charge in [-0.15, -0.1) is 0 Å². The van der Waals surface area contributed by atoms with E-state index < -0.39 is 0 Å². The molecule has 1 aliphatic heterocycles. The Balaban J connectivity index is 2.13. The molecule has 1 heterocycles. The van der Waals surface area contributed by atoms with Gasteiger partial charge in [0.1, 0.15) is 0 Å². The molecule has 0 aromatic heterocycles. The van der Waals surface area contributed by atoms with E-state index in [1.165, 1.54) is 44.5 Å². The first-order chi connectivity index (χ1) is 15.1. The van der Waals surface area contributed by atoms with Crippen molar-refractivity contribution in [1.29, 1.82) is 0 Å². The second kappa shape index (κ2) is 9.03. The zero-order chi connectivity index (χ0) is 23.3. The number of halogens is 2. The average molecular weight is 553 g/mol. The highest BCUT2D eigenvalue weighted by atomic mass is 79.9. The SMILES string of the molecule is CC(C)c1cc(C(C)C)c(B2c3cc(Br)ccc3N(C)c3ccc(Br)cc32)c(C(C)C)c1. The summed E-state index contributed by atoms with van der Waals surface area (Å²) in [4.78, 5) is 2.34. The molecule has 1 aliphatic rings. The second-order valence-electron chi connectivity index (χ2n) is 9.98. The first-order valence-electron chi connectivity index (χ1n) is 11.6. The van der Waals surface area contributed by atoms with Crippen LogP contribution in [0.4, 0.5) is 11.4 Å². The highest BCUT2D eigenvalue weighted by molar-refractivity contribution is 9.10. The summed E-state index contributed by atoms with van der Waals surface area (Å²) in [5, 5.41) is 0. The predicted octanol–water partition coefficient (Wildman–Crippen LogP) is 7.18. The fourth-order valence-corrected chi connectivity index (χ4v) is 5.83. The molecule has 166 valence electrons. The normalized spacial score (nSPS) is 13.2. The van der Waals surface area contributed by atoms with Crippen molar-refractivity contribution in [2.45, 2.75) is 59.3 Å². The lowest BCUT2D eigenvalue weighted by atomic mass is 9.33. The van der Waals surface area contributed by atoms with Crippen LogP contribution < -0.4 is 21.3 Å². The molecule has 32 heavy (non-hydrogen) atoms. The molecular weight excluding hydrogens is 521 g/mol. The van der Waals surface area contributed by atoms with Gasteiger partial charge in [0.2, 0.25) is 6.71 Å². The van der Waals surface area contributed by atoms with E-state index in [4.69, 9.17) is 0 Å². The van der Waals surface area contributed by atoms with Gasteiger partial charge in [-0.2, -0.15) is 0 Å². The Labute approximate surface area is 211 Å². The fourth-order valence-electron chi connectivity index (χ4n) is 5.08. The highest BCUT2D eigenvalue weighted by Gasteiger charge is 2.37. The number of hydrogen-bond donors (Lipinski definition) is 0. The molecule has 0 saturated heterocycles. The number of benzene rings is 3. The van der Waals surface area contributed by atoms with E-state index in [0.717, 1.165) is 8.95 Å². The van der Waals surface area contributed by atoms with Gasteiger partial charge in [-0.05, 0) is 69.6 Å². The maximum atomic E-state index is 3.76. The van der Waals surface area contributed by atoms with Crippen molar-refractivity contribution in [3.05, 3.63) is 74.2 Å². The predicted molar refractivity (Wildman–Crippen MR) is 150 cm³/mol. The third-order valence-corrected chi connectivity index (χ3v) is 7.78. The van der Waals surface area contributed by atoms with Gasteiger partial charge in [0, 0.05) is 27.4 Å². The van der Waals surface area contributed by atoms with Crippen LogP contribution in [0.3, 0.4) is 0 Å². The summed E-state index contributed by atoms with van der Waals surface area (Å²) in [7, 11) is 2.18. The maximum absolute atomic E-state index is 3.76. The van der Waals surface area contributed by atoms with E-state index in [1.807, 2.05) is 0 Å². The molecule has 0 N–H and O–H groups in total. The smallest absolute Gasteiger partial charge is 0.247 e. The molecule has 0 spiro atoms. The molecule has 0 atom stereocenters. The molecule has 0 aliphatic carbocycles. The second-order valence-corrected chi connectivity index (χ2v) is 11.8. The van der Waals surface area contributed by atoms with Crippen LogP contribution in [0.1, 0.15) is 76.0 Å². The third kappa shape index (κ3) is 4.10. The summed E-state index contributed by atoms with van der Waals surface area (Å²) < 4.78 is 2.26. The molecule has 1 nitrogen and oxygen atoms in total. The van der Waals surface area contributed by atoms with Crippen molar-refractivity contribution >= 4 is 66.3 Å². The molecule has 0 unspecified atom stereocenters. The molecular formula is C28H32BBr2N. The first-order valence-corrected chi connectivity index (χ1v) is 13.2. The van der Waals surface area contributed by atoms with E-state index in [2.05, 4.69) is 134 Å². The van der Waals surface area contributed by atoms with Crippen LogP contribution in [0, 0.1) is 0 Å². The summed E-state index contributed by atoms with van der Waals surface area (Å²) in [5.41, 5.74) is 11.2. The van der Waals surface area contributed by atoms with Crippen molar-refractivity contribution in [3.8, 4) is 0 Å². The Bertz CT molecular complexity index is 1080. The van der Waals surface area contributed by atoms with Gasteiger partial charge in [-0.1, -0.05) is 103 Å². The number of rotatable bonds is 4. The van der Waals surface area contributed by atoms with E-state index in [1.54, 1.807) is 0 Å². The molecule has 4 heteroatoms. The zero-order valence-electron chi connectivity index (χ0n) is 20.1. The van der Waals surface area contributed by atoms with Crippen LogP contribution in [0.2, 0.25) is 0 Å². The summed E-state index contributed by atoms with van der Waals surface area (Å²) in [6.07, 6.45) is 0. The Kier molecular flexibility index (Phi) is 6.67. The lowest BCUT2D eigenvalue weighted by molar-refractivity contribution is 0.812. The minimum absolute atomic E-state index is 0.196. The number of nitrogens with zero attached hydrogens (tertiary/aromatic N) is 1. The number of anilines is 2. The maximum Gasteiger partial charge on any atom is 0.247 e. The quantitative estimate of drug-likeness (QED) is 0.310. The zero-order valence-corrected chi connectivity index (χ0v) is 23.3. The molecule has 4 rings (SSSR count). The van der Waals surface area contributed by atoms with Gasteiger partial charge in [-0.3, -0.25) is 0 Å². The van der Waals surface area contributed by atoms with E-state index in [0.29, 0.717) is 17.8 Å². The summed E-state index contributed by atoms with van der Waals surface area (Å²) in [6, 6.07) is 18.4. The molecule has 0 bridgehead atoms. The lowest BCUT2D eigenvalue weighted by Crippen LogP contribution is -2.59. The molecule has 3 aromatic carbocycles. The Morgan fingerprint density at radius 3 is 1.47 bits per heavy atom. The van der Waals surface area contributed by atoms with Gasteiger partial charge >= 0.3 is 0 Å². The van der Waals surface area contributed by atoms with Crippen molar-refractivity contribution in [2.75, 3.05) is 11.9 Å². The highest BCUT2D eigenvalue weighted by Crippen LogP contribution is 2.32. The van der Waals surface area contributed by atoms with Crippen LogP contribution in [0.25, 0.3) is 0 Å². The minimum Gasteiger partial charge on any atom is -0.345 e. The molecule has 3 aromatic rings. The van der Waals surface area contributed by atoms with E-state index in [-0.39, 0.29) is 6.71 Å². The van der Waals surface area contributed by atoms with Crippen molar-refractivity contribution in [1.82, 2.24) is 0 Å². The molecule has 0 amide bonds. The van der Waals surface area contributed by atoms with Gasteiger partial charge in [0.05, 0.1) is 0 Å². The van der Waals surface area contributed by atoms with E-state index in [9.17, 15) is 0 Å². The van der Waals surface area contributed by atoms with E-state index >= 15 is 0 Å². The monoisotopic (exact) mass is 551 g/mol. The topological polar surface area (TPSA) is 3.24 Å². The third-order valence-electron chi connectivity index (χ3n) is 6.79.